The van der Waals surface area contributed by atoms with E-state index in [9.17, 15) is 18.3 Å². The summed E-state index contributed by atoms with van der Waals surface area (Å²) >= 11 is 0. The molecule has 1 fully saturated rings. The molecule has 3 N–H and O–H groups in total. The quantitative estimate of drug-likeness (QED) is 0.697. The van der Waals surface area contributed by atoms with Crippen molar-refractivity contribution in [2.45, 2.75) is 30.4 Å². The van der Waals surface area contributed by atoms with Crippen molar-refractivity contribution in [3.05, 3.63) is 29.8 Å². The second-order valence-electron chi connectivity index (χ2n) is 4.63. The van der Waals surface area contributed by atoms with Crippen LogP contribution in [0.25, 0.3) is 0 Å². The average molecular weight is 284 g/mol. The normalized spacial score (nSPS) is 23.3. The van der Waals surface area contributed by atoms with Crippen molar-refractivity contribution in [3.8, 4) is 0 Å². The second-order valence-corrected chi connectivity index (χ2v) is 6.32. The fourth-order valence-corrected chi connectivity index (χ4v) is 2.92. The molecule has 0 aliphatic carbocycles. The lowest BCUT2D eigenvalue weighted by atomic mass is 10.2. The van der Waals surface area contributed by atoms with Crippen LogP contribution in [0.15, 0.2) is 29.2 Å². The van der Waals surface area contributed by atoms with Crippen molar-refractivity contribution in [1.82, 2.24) is 10.0 Å². The average Bonchev–Trinajstić information content (AvgIpc) is 2.76. The highest BCUT2D eigenvalue weighted by molar-refractivity contribution is 7.90. The van der Waals surface area contributed by atoms with Crippen LogP contribution >= 0.6 is 0 Å². The molecule has 0 radical (unpaired) electrons. The molecule has 0 spiro atoms. The van der Waals surface area contributed by atoms with Crippen molar-refractivity contribution in [1.29, 1.82) is 0 Å². The van der Waals surface area contributed by atoms with Gasteiger partial charge in [0.2, 0.25) is 0 Å². The van der Waals surface area contributed by atoms with Crippen LogP contribution in [0.3, 0.4) is 0 Å². The summed E-state index contributed by atoms with van der Waals surface area (Å²) in [5.74, 6) is -0.642. The lowest BCUT2D eigenvalue weighted by molar-refractivity contribution is -0.121. The molecule has 2 rings (SSSR count). The molecule has 1 aromatic carbocycles. The zero-order valence-corrected chi connectivity index (χ0v) is 11.3. The third-order valence-electron chi connectivity index (χ3n) is 2.99. The number of rotatable bonds is 3. The number of carbonyl (C=O) groups excluding carboxylic acids is 1. The van der Waals surface area contributed by atoms with E-state index in [0.29, 0.717) is 6.54 Å². The minimum Gasteiger partial charge on any atom is -0.392 e. The van der Waals surface area contributed by atoms with E-state index >= 15 is 0 Å². The Bertz CT molecular complexity index is 568. The van der Waals surface area contributed by atoms with Crippen molar-refractivity contribution < 1.29 is 18.3 Å². The summed E-state index contributed by atoms with van der Waals surface area (Å²) in [5.41, 5.74) is 0.936. The molecule has 0 unspecified atom stereocenters. The number of amides is 1. The van der Waals surface area contributed by atoms with Gasteiger partial charge in [0.15, 0.2) is 0 Å². The maximum Gasteiger partial charge on any atom is 0.264 e. The first kappa shape index (κ1) is 14.0. The van der Waals surface area contributed by atoms with Gasteiger partial charge in [-0.1, -0.05) is 17.7 Å². The van der Waals surface area contributed by atoms with Gasteiger partial charge in [0, 0.05) is 6.54 Å². The molecule has 1 amide bonds. The van der Waals surface area contributed by atoms with Crippen LogP contribution < -0.4 is 10.0 Å². The van der Waals surface area contributed by atoms with Crippen molar-refractivity contribution >= 4 is 15.9 Å². The highest BCUT2D eigenvalue weighted by atomic mass is 32.2. The van der Waals surface area contributed by atoms with Gasteiger partial charge in [0.05, 0.1) is 17.0 Å². The van der Waals surface area contributed by atoms with Gasteiger partial charge in [-0.15, -0.1) is 0 Å². The predicted octanol–water partition coefficient (Wildman–Crippen LogP) is -0.477. The van der Waals surface area contributed by atoms with E-state index in [4.69, 9.17) is 0 Å². The molecule has 1 aliphatic rings. The first-order chi connectivity index (χ1) is 8.88. The van der Waals surface area contributed by atoms with Crippen molar-refractivity contribution in [2.75, 3.05) is 6.54 Å². The van der Waals surface area contributed by atoms with Gasteiger partial charge in [-0.3, -0.25) is 4.79 Å². The first-order valence-electron chi connectivity index (χ1n) is 5.93. The number of aryl methyl sites for hydroxylation is 1. The number of benzene rings is 1. The Balaban J connectivity index is 2.09. The summed E-state index contributed by atoms with van der Waals surface area (Å²) in [6, 6.07) is 5.55. The Hall–Kier alpha value is -1.44. The summed E-state index contributed by atoms with van der Waals surface area (Å²) in [4.78, 5) is 11.8. The molecule has 1 aromatic rings. The Morgan fingerprint density at radius 3 is 2.53 bits per heavy atom. The van der Waals surface area contributed by atoms with Crippen LogP contribution in [0.5, 0.6) is 0 Å². The number of β-amino-alcohol motifs (C(OH)–C–C–N with tert-alkyl or cyclic N) is 1. The van der Waals surface area contributed by atoms with Crippen molar-refractivity contribution in [3.63, 3.8) is 0 Å². The van der Waals surface area contributed by atoms with E-state index in [1.807, 2.05) is 11.6 Å². The van der Waals surface area contributed by atoms with Crippen LogP contribution in [-0.4, -0.2) is 38.1 Å². The van der Waals surface area contributed by atoms with Gasteiger partial charge in [-0.05, 0) is 25.5 Å². The van der Waals surface area contributed by atoms with E-state index in [0.717, 1.165) is 5.56 Å². The predicted molar refractivity (Wildman–Crippen MR) is 68.9 cm³/mol. The highest BCUT2D eigenvalue weighted by Gasteiger charge is 2.30. The molecule has 0 saturated carbocycles. The molecule has 2 atom stereocenters. The van der Waals surface area contributed by atoms with E-state index in [2.05, 4.69) is 5.32 Å². The number of carbonyl (C=O) groups is 1. The third kappa shape index (κ3) is 3.31. The second kappa shape index (κ2) is 5.28. The molecule has 1 heterocycles. The van der Waals surface area contributed by atoms with Crippen LogP contribution in [0, 0.1) is 6.92 Å². The van der Waals surface area contributed by atoms with E-state index in [-0.39, 0.29) is 11.3 Å². The van der Waals surface area contributed by atoms with Crippen LogP contribution in [0.4, 0.5) is 0 Å². The zero-order valence-electron chi connectivity index (χ0n) is 10.5. The number of sulfonamides is 1. The fourth-order valence-electron chi connectivity index (χ4n) is 1.90. The number of aliphatic hydroxyl groups is 1. The molecular formula is C12H16N2O4S. The van der Waals surface area contributed by atoms with E-state index < -0.39 is 28.1 Å². The summed E-state index contributed by atoms with van der Waals surface area (Å²) in [5, 5.41) is 12.1. The molecule has 1 saturated heterocycles. The highest BCUT2D eigenvalue weighted by Crippen LogP contribution is 2.12. The number of nitrogens with one attached hydrogen (secondary N) is 2. The molecule has 104 valence electrons. The van der Waals surface area contributed by atoms with E-state index in [1.54, 1.807) is 12.1 Å². The Labute approximate surface area is 111 Å². The molecular weight excluding hydrogens is 268 g/mol. The van der Waals surface area contributed by atoms with Crippen LogP contribution in [0.1, 0.15) is 12.0 Å². The molecule has 6 nitrogen and oxygen atoms in total. The number of aliphatic hydroxyl groups excluding tert-OH is 1. The minimum absolute atomic E-state index is 0.0463. The van der Waals surface area contributed by atoms with E-state index in [1.165, 1.54) is 12.1 Å². The maximum atomic E-state index is 12.0. The zero-order chi connectivity index (χ0) is 14.0. The molecule has 0 bridgehead atoms. The SMILES string of the molecule is Cc1ccc(S(=O)(=O)NC(=O)[C@@H]2C[C@@H](O)CN2)cc1. The monoisotopic (exact) mass is 284 g/mol. The molecule has 19 heavy (non-hydrogen) atoms. The van der Waals surface area contributed by atoms with Crippen LogP contribution in [0.2, 0.25) is 0 Å². The van der Waals surface area contributed by atoms with Gasteiger partial charge in [-0.2, -0.15) is 0 Å². The van der Waals surface area contributed by atoms with Crippen LogP contribution in [-0.2, 0) is 14.8 Å². The summed E-state index contributed by atoms with van der Waals surface area (Å²) in [7, 11) is -3.85. The lowest BCUT2D eigenvalue weighted by Gasteiger charge is -2.11. The van der Waals surface area contributed by atoms with Gasteiger partial charge >= 0.3 is 0 Å². The largest absolute Gasteiger partial charge is 0.392 e. The molecule has 7 heteroatoms. The molecule has 1 aliphatic heterocycles. The number of hydrogen-bond donors (Lipinski definition) is 3. The maximum absolute atomic E-state index is 12.0. The Morgan fingerprint density at radius 1 is 1.37 bits per heavy atom. The van der Waals surface area contributed by atoms with Gasteiger partial charge < -0.3 is 10.4 Å². The summed E-state index contributed by atoms with van der Waals surface area (Å²) < 4.78 is 26.0. The lowest BCUT2D eigenvalue weighted by Crippen LogP contribution is -2.43. The van der Waals surface area contributed by atoms with Gasteiger partial charge in [0.1, 0.15) is 0 Å². The summed E-state index contributed by atoms with van der Waals surface area (Å²) in [6.45, 7) is 2.14. The minimum atomic E-state index is -3.85. The Kier molecular flexibility index (Phi) is 3.88. The Morgan fingerprint density at radius 2 is 2.00 bits per heavy atom. The standard InChI is InChI=1S/C12H16N2O4S/c1-8-2-4-10(5-3-8)19(17,18)14-12(16)11-6-9(15)7-13-11/h2-5,9,11,13,15H,6-7H2,1H3,(H,14,16)/t9-,11+/m1/s1. The topological polar surface area (TPSA) is 95.5 Å². The molecule has 0 aromatic heterocycles. The van der Waals surface area contributed by atoms with Crippen molar-refractivity contribution in [2.24, 2.45) is 0 Å². The fraction of sp³-hybridized carbons (Fsp3) is 0.417. The van der Waals surface area contributed by atoms with Gasteiger partial charge in [0.25, 0.3) is 15.9 Å². The number of hydrogen-bond acceptors (Lipinski definition) is 5. The smallest absolute Gasteiger partial charge is 0.264 e. The van der Waals surface area contributed by atoms with Gasteiger partial charge in [-0.25, -0.2) is 13.1 Å². The third-order valence-corrected chi connectivity index (χ3v) is 4.35. The summed E-state index contributed by atoms with van der Waals surface area (Å²) in [6.07, 6.45) is -0.396. The first-order valence-corrected chi connectivity index (χ1v) is 7.41.